The van der Waals surface area contributed by atoms with E-state index in [1.807, 2.05) is 16.8 Å². The van der Waals surface area contributed by atoms with Crippen LogP contribution in [0.3, 0.4) is 0 Å². The van der Waals surface area contributed by atoms with E-state index in [9.17, 15) is 13.2 Å². The SMILES string of the molecule is CS(=O)(=O)N(Cc1ccccc1Cl)c1ccc(C(=O)NCCCn2ccnc2)cc1. The molecule has 2 aromatic carbocycles. The molecule has 30 heavy (non-hydrogen) atoms. The Morgan fingerprint density at radius 2 is 1.90 bits per heavy atom. The first kappa shape index (κ1) is 21.9. The van der Waals surface area contributed by atoms with E-state index < -0.39 is 10.0 Å². The predicted molar refractivity (Wildman–Crippen MR) is 118 cm³/mol. The van der Waals surface area contributed by atoms with Crippen molar-refractivity contribution in [2.75, 3.05) is 17.1 Å². The second-order valence-electron chi connectivity index (χ2n) is 6.82. The average Bonchev–Trinajstić information content (AvgIpc) is 3.23. The van der Waals surface area contributed by atoms with Crippen molar-refractivity contribution in [2.24, 2.45) is 0 Å². The fourth-order valence-electron chi connectivity index (χ4n) is 2.95. The first-order valence-corrected chi connectivity index (χ1v) is 11.6. The van der Waals surface area contributed by atoms with Crippen molar-refractivity contribution in [3.05, 3.63) is 83.4 Å². The quantitative estimate of drug-likeness (QED) is 0.511. The number of aryl methyl sites for hydroxylation is 1. The molecule has 0 aliphatic heterocycles. The van der Waals surface area contributed by atoms with Gasteiger partial charge in [0.25, 0.3) is 5.91 Å². The van der Waals surface area contributed by atoms with E-state index in [0.29, 0.717) is 28.4 Å². The fourth-order valence-corrected chi connectivity index (χ4v) is 4.02. The molecule has 9 heteroatoms. The highest BCUT2D eigenvalue weighted by atomic mass is 35.5. The summed E-state index contributed by atoms with van der Waals surface area (Å²) in [4.78, 5) is 16.3. The minimum absolute atomic E-state index is 0.109. The number of imidazole rings is 1. The number of anilines is 1. The zero-order valence-electron chi connectivity index (χ0n) is 16.5. The third-order valence-corrected chi connectivity index (χ3v) is 6.04. The number of nitrogens with zero attached hydrogens (tertiary/aromatic N) is 3. The van der Waals surface area contributed by atoms with Crippen molar-refractivity contribution in [1.82, 2.24) is 14.9 Å². The molecule has 3 rings (SSSR count). The second kappa shape index (κ2) is 9.77. The minimum atomic E-state index is -3.54. The van der Waals surface area contributed by atoms with Crippen LogP contribution >= 0.6 is 11.6 Å². The van der Waals surface area contributed by atoms with Gasteiger partial charge >= 0.3 is 0 Å². The molecule has 1 aromatic heterocycles. The van der Waals surface area contributed by atoms with E-state index in [-0.39, 0.29) is 12.5 Å². The summed E-state index contributed by atoms with van der Waals surface area (Å²) in [5, 5.41) is 3.36. The number of halogens is 1. The van der Waals surface area contributed by atoms with Gasteiger partial charge in [0.2, 0.25) is 10.0 Å². The summed E-state index contributed by atoms with van der Waals surface area (Å²) in [6.45, 7) is 1.41. The van der Waals surface area contributed by atoms with Gasteiger partial charge in [-0.25, -0.2) is 13.4 Å². The van der Waals surface area contributed by atoms with Gasteiger partial charge in [0.05, 0.1) is 24.8 Å². The van der Waals surface area contributed by atoms with E-state index in [4.69, 9.17) is 11.6 Å². The molecule has 0 spiro atoms. The summed E-state index contributed by atoms with van der Waals surface area (Å²) >= 11 is 6.19. The molecule has 0 saturated heterocycles. The molecular weight excluding hydrogens is 424 g/mol. The van der Waals surface area contributed by atoms with Gasteiger partial charge in [0.15, 0.2) is 0 Å². The highest BCUT2D eigenvalue weighted by Gasteiger charge is 2.19. The van der Waals surface area contributed by atoms with Crippen LogP contribution in [0.5, 0.6) is 0 Å². The van der Waals surface area contributed by atoms with Crippen LogP contribution in [0.2, 0.25) is 5.02 Å². The van der Waals surface area contributed by atoms with Gasteiger partial charge < -0.3 is 9.88 Å². The number of hydrogen-bond donors (Lipinski definition) is 1. The van der Waals surface area contributed by atoms with Crippen molar-refractivity contribution in [2.45, 2.75) is 19.5 Å². The van der Waals surface area contributed by atoms with Gasteiger partial charge in [-0.05, 0) is 42.3 Å². The number of hydrogen-bond acceptors (Lipinski definition) is 4. The van der Waals surface area contributed by atoms with E-state index in [0.717, 1.165) is 19.2 Å². The van der Waals surface area contributed by atoms with Gasteiger partial charge in [-0.3, -0.25) is 9.10 Å². The largest absolute Gasteiger partial charge is 0.352 e. The Kier molecular flexibility index (Phi) is 7.12. The molecule has 1 heterocycles. The number of sulfonamides is 1. The number of nitrogens with one attached hydrogen (secondary N) is 1. The van der Waals surface area contributed by atoms with Crippen LogP contribution in [0.4, 0.5) is 5.69 Å². The van der Waals surface area contributed by atoms with Crippen molar-refractivity contribution in [3.63, 3.8) is 0 Å². The van der Waals surface area contributed by atoms with Crippen LogP contribution in [0, 0.1) is 0 Å². The molecule has 1 amide bonds. The van der Waals surface area contributed by atoms with Crippen LogP contribution in [-0.4, -0.2) is 36.7 Å². The van der Waals surface area contributed by atoms with Crippen molar-refractivity contribution in [1.29, 1.82) is 0 Å². The molecule has 0 saturated carbocycles. The van der Waals surface area contributed by atoms with Crippen molar-refractivity contribution >= 4 is 33.2 Å². The van der Waals surface area contributed by atoms with Crippen molar-refractivity contribution < 1.29 is 13.2 Å². The van der Waals surface area contributed by atoms with E-state index in [2.05, 4.69) is 10.3 Å². The molecule has 0 aliphatic rings. The van der Waals surface area contributed by atoms with Gasteiger partial charge in [-0.15, -0.1) is 0 Å². The number of benzene rings is 2. The van der Waals surface area contributed by atoms with Crippen LogP contribution in [0.25, 0.3) is 0 Å². The number of rotatable bonds is 9. The summed E-state index contributed by atoms with van der Waals surface area (Å²) in [5.74, 6) is -0.204. The lowest BCUT2D eigenvalue weighted by Gasteiger charge is -2.23. The second-order valence-corrected chi connectivity index (χ2v) is 9.13. The normalized spacial score (nSPS) is 11.3. The highest BCUT2D eigenvalue weighted by molar-refractivity contribution is 7.92. The third kappa shape index (κ3) is 5.84. The van der Waals surface area contributed by atoms with Gasteiger partial charge in [-0.2, -0.15) is 0 Å². The average molecular weight is 447 g/mol. The lowest BCUT2D eigenvalue weighted by atomic mass is 10.1. The Bertz CT molecular complexity index is 1080. The van der Waals surface area contributed by atoms with Crippen LogP contribution in [-0.2, 0) is 23.1 Å². The maximum atomic E-state index is 12.3. The first-order chi connectivity index (χ1) is 14.3. The molecule has 0 unspecified atom stereocenters. The smallest absolute Gasteiger partial charge is 0.251 e. The maximum Gasteiger partial charge on any atom is 0.251 e. The molecule has 0 bridgehead atoms. The Morgan fingerprint density at radius 3 is 2.53 bits per heavy atom. The number of carbonyl (C=O) groups excluding carboxylic acids is 1. The molecule has 1 N–H and O–H groups in total. The van der Waals surface area contributed by atoms with Crippen LogP contribution in [0.1, 0.15) is 22.3 Å². The first-order valence-electron chi connectivity index (χ1n) is 9.40. The van der Waals surface area contributed by atoms with Crippen molar-refractivity contribution in [3.8, 4) is 0 Å². The van der Waals surface area contributed by atoms with Gasteiger partial charge in [-0.1, -0.05) is 29.8 Å². The van der Waals surface area contributed by atoms with E-state index in [1.165, 1.54) is 4.31 Å². The topological polar surface area (TPSA) is 84.3 Å². The summed E-state index contributed by atoms with van der Waals surface area (Å²) in [7, 11) is -3.54. The molecule has 3 aromatic rings. The molecular formula is C21H23ClN4O3S. The number of amides is 1. The maximum absolute atomic E-state index is 12.3. The van der Waals surface area contributed by atoms with Crippen LogP contribution < -0.4 is 9.62 Å². The minimum Gasteiger partial charge on any atom is -0.352 e. The lowest BCUT2D eigenvalue weighted by molar-refractivity contribution is 0.0952. The monoisotopic (exact) mass is 446 g/mol. The van der Waals surface area contributed by atoms with Gasteiger partial charge in [0, 0.05) is 36.1 Å². The zero-order chi connectivity index (χ0) is 21.6. The van der Waals surface area contributed by atoms with E-state index >= 15 is 0 Å². The number of aromatic nitrogens is 2. The summed E-state index contributed by atoms with van der Waals surface area (Å²) in [6.07, 6.45) is 7.24. The summed E-state index contributed by atoms with van der Waals surface area (Å²) < 4.78 is 27.9. The summed E-state index contributed by atoms with van der Waals surface area (Å²) in [5.41, 5.74) is 1.63. The predicted octanol–water partition coefficient (Wildman–Crippen LogP) is 3.32. The lowest BCUT2D eigenvalue weighted by Crippen LogP contribution is -2.29. The molecule has 0 atom stereocenters. The van der Waals surface area contributed by atoms with E-state index in [1.54, 1.807) is 55.0 Å². The number of carbonyl (C=O) groups is 1. The summed E-state index contributed by atoms with van der Waals surface area (Å²) in [6, 6.07) is 13.6. The molecule has 0 radical (unpaired) electrons. The third-order valence-electron chi connectivity index (χ3n) is 4.53. The molecule has 0 fully saturated rings. The van der Waals surface area contributed by atoms with Gasteiger partial charge in [0.1, 0.15) is 0 Å². The van der Waals surface area contributed by atoms with Crippen LogP contribution in [0.15, 0.2) is 67.3 Å². The zero-order valence-corrected chi connectivity index (χ0v) is 18.1. The molecule has 0 aliphatic carbocycles. The molecule has 158 valence electrons. The Balaban J connectivity index is 1.64. The molecule has 7 nitrogen and oxygen atoms in total. The Labute approximate surface area is 181 Å². The Hall–Kier alpha value is -2.84. The fraction of sp³-hybridized carbons (Fsp3) is 0.238. The Morgan fingerprint density at radius 1 is 1.17 bits per heavy atom. The standard InChI is InChI=1S/C21H23ClN4O3S/c1-30(28,29)26(15-18-5-2-3-6-20(18)22)19-9-7-17(8-10-19)21(27)24-11-4-13-25-14-12-23-16-25/h2-3,5-10,12,14,16H,4,11,13,15H2,1H3,(H,24,27). The highest BCUT2D eigenvalue weighted by Crippen LogP contribution is 2.24.